The second kappa shape index (κ2) is 8.88. The molecule has 0 atom stereocenters. The topological polar surface area (TPSA) is 52.0 Å². The fraction of sp³-hybridized carbons (Fsp3) is 1.00. The molecule has 0 aromatic carbocycles. The molecule has 0 heterocycles. The summed E-state index contributed by atoms with van der Waals surface area (Å²) in [5.41, 5.74) is 9.81. The second-order valence-corrected chi connectivity index (χ2v) is 0.577. The minimum Gasteiger partial charge on any atom is -1.00 e. The maximum absolute atomic E-state index is 4.90. The average Bonchev–Trinajstić information content (AvgIpc) is 1.37. The monoisotopic (exact) mass is 95.0 g/mol. The van der Waals surface area contributed by atoms with Crippen molar-refractivity contribution in [3.05, 3.63) is 0 Å². The van der Waals surface area contributed by atoms with Crippen molar-refractivity contribution < 1.29 is 12.4 Å². The molecule has 0 fully saturated rings. The molecular formula is C2H8ClN2-. The number of hydrogen-bond donors (Lipinski definition) is 2. The Balaban J connectivity index is 0. The van der Waals surface area contributed by atoms with Crippen molar-refractivity contribution >= 4 is 0 Å². The summed E-state index contributed by atoms with van der Waals surface area (Å²) in [7, 11) is 0. The van der Waals surface area contributed by atoms with Gasteiger partial charge in [-0.1, -0.05) is 0 Å². The third-order valence-corrected chi connectivity index (χ3v) is 0.167. The Kier molecular flexibility index (Phi) is 15.9. The highest BCUT2D eigenvalue weighted by molar-refractivity contribution is 4.26. The van der Waals surface area contributed by atoms with Crippen LogP contribution < -0.4 is 23.9 Å². The smallest absolute Gasteiger partial charge is 0.00461 e. The summed E-state index contributed by atoms with van der Waals surface area (Å²) in [6.45, 7) is 1.19. The van der Waals surface area contributed by atoms with Gasteiger partial charge in [0.05, 0.1) is 0 Å². The molecule has 0 aromatic heterocycles. The van der Waals surface area contributed by atoms with Gasteiger partial charge in [0.15, 0.2) is 0 Å². The molecule has 0 saturated carbocycles. The predicted octanol–water partition coefficient (Wildman–Crippen LogP) is -4.09. The van der Waals surface area contributed by atoms with Crippen molar-refractivity contribution in [2.45, 2.75) is 0 Å². The lowest BCUT2D eigenvalue weighted by Gasteiger charge is -1.72. The van der Waals surface area contributed by atoms with Crippen LogP contribution >= 0.6 is 0 Å². The highest BCUT2D eigenvalue weighted by atomic mass is 35.5. The van der Waals surface area contributed by atoms with Gasteiger partial charge in [0.25, 0.3) is 0 Å². The Morgan fingerprint density at radius 1 is 1.00 bits per heavy atom. The summed E-state index contributed by atoms with van der Waals surface area (Å²) < 4.78 is 0. The van der Waals surface area contributed by atoms with E-state index in [2.05, 4.69) is 0 Å². The van der Waals surface area contributed by atoms with Gasteiger partial charge in [-0.15, -0.1) is 0 Å². The van der Waals surface area contributed by atoms with Crippen molar-refractivity contribution in [2.24, 2.45) is 11.5 Å². The predicted molar refractivity (Wildman–Crippen MR) is 18.1 cm³/mol. The molecule has 0 aromatic rings. The van der Waals surface area contributed by atoms with Crippen LogP contribution in [-0.4, -0.2) is 13.1 Å². The van der Waals surface area contributed by atoms with Crippen LogP contribution in [0.25, 0.3) is 0 Å². The third-order valence-electron chi connectivity index (χ3n) is 0.167. The summed E-state index contributed by atoms with van der Waals surface area (Å²) >= 11 is 0. The number of rotatable bonds is 1. The molecule has 0 aliphatic rings. The molecular weight excluding hydrogens is 87.5 g/mol. The van der Waals surface area contributed by atoms with Gasteiger partial charge in [0.2, 0.25) is 0 Å². The van der Waals surface area contributed by atoms with Crippen molar-refractivity contribution in [3.63, 3.8) is 0 Å². The number of nitrogens with two attached hydrogens (primary N) is 2. The van der Waals surface area contributed by atoms with Crippen molar-refractivity contribution in [3.8, 4) is 0 Å². The fourth-order valence-electron chi connectivity index (χ4n) is 0. The van der Waals surface area contributed by atoms with E-state index in [1.807, 2.05) is 0 Å². The standard InChI is InChI=1S/C2H8N2.ClH/c3-1-2-4;/h1-4H2;1H/p-1. The van der Waals surface area contributed by atoms with Gasteiger partial charge in [-0.3, -0.25) is 0 Å². The molecule has 0 amide bonds. The van der Waals surface area contributed by atoms with E-state index in [0.717, 1.165) is 0 Å². The minimum absolute atomic E-state index is 0. The van der Waals surface area contributed by atoms with Crippen LogP contribution in [0.1, 0.15) is 0 Å². The fourth-order valence-corrected chi connectivity index (χ4v) is 0. The van der Waals surface area contributed by atoms with E-state index in [-0.39, 0.29) is 12.4 Å². The van der Waals surface area contributed by atoms with Crippen LogP contribution in [0.2, 0.25) is 0 Å². The first kappa shape index (κ1) is 8.96. The summed E-state index contributed by atoms with van der Waals surface area (Å²) in [6.07, 6.45) is 0. The van der Waals surface area contributed by atoms with E-state index in [1.165, 1.54) is 0 Å². The van der Waals surface area contributed by atoms with Crippen LogP contribution in [0, 0.1) is 0 Å². The quantitative estimate of drug-likeness (QED) is 0.348. The highest BCUT2D eigenvalue weighted by Gasteiger charge is 1.54. The first-order valence-electron chi connectivity index (χ1n) is 1.32. The first-order chi connectivity index (χ1) is 1.91. The molecule has 2 nitrogen and oxygen atoms in total. The molecule has 0 radical (unpaired) electrons. The lowest BCUT2D eigenvalue weighted by molar-refractivity contribution is -0.00000107. The molecule has 4 N–H and O–H groups in total. The van der Waals surface area contributed by atoms with Crippen LogP contribution in [0.3, 0.4) is 0 Å². The van der Waals surface area contributed by atoms with E-state index >= 15 is 0 Å². The molecule has 0 unspecified atom stereocenters. The minimum atomic E-state index is 0. The molecule has 0 aliphatic carbocycles. The maximum atomic E-state index is 4.90. The Morgan fingerprint density at radius 3 is 1.20 bits per heavy atom. The normalized spacial score (nSPS) is 6.00. The number of halogens is 1. The summed E-state index contributed by atoms with van der Waals surface area (Å²) in [5, 5.41) is 0. The largest absolute Gasteiger partial charge is 1.00 e. The van der Waals surface area contributed by atoms with Gasteiger partial charge < -0.3 is 23.9 Å². The zero-order valence-corrected chi connectivity index (χ0v) is 3.70. The van der Waals surface area contributed by atoms with Gasteiger partial charge in [-0.25, -0.2) is 0 Å². The molecule has 34 valence electrons. The first-order valence-corrected chi connectivity index (χ1v) is 1.32. The number of hydrogen-bond acceptors (Lipinski definition) is 2. The van der Waals surface area contributed by atoms with Crippen molar-refractivity contribution in [1.29, 1.82) is 0 Å². The summed E-state index contributed by atoms with van der Waals surface area (Å²) in [6, 6.07) is 0. The Morgan fingerprint density at radius 2 is 1.20 bits per heavy atom. The molecule has 3 heteroatoms. The third kappa shape index (κ3) is 14.0. The van der Waals surface area contributed by atoms with Gasteiger partial charge in [-0.05, 0) is 0 Å². The Labute approximate surface area is 37.9 Å². The Bertz CT molecular complexity index is 9.61. The molecule has 0 spiro atoms. The van der Waals surface area contributed by atoms with E-state index in [1.54, 1.807) is 0 Å². The summed E-state index contributed by atoms with van der Waals surface area (Å²) in [4.78, 5) is 0. The zero-order valence-electron chi connectivity index (χ0n) is 2.95. The van der Waals surface area contributed by atoms with E-state index in [4.69, 9.17) is 11.5 Å². The lowest BCUT2D eigenvalue weighted by Crippen LogP contribution is -3.00. The second-order valence-electron chi connectivity index (χ2n) is 0.577. The van der Waals surface area contributed by atoms with E-state index < -0.39 is 0 Å². The molecule has 0 bridgehead atoms. The average molecular weight is 95.6 g/mol. The maximum Gasteiger partial charge on any atom is 0.00461 e. The van der Waals surface area contributed by atoms with Gasteiger partial charge in [0.1, 0.15) is 0 Å². The van der Waals surface area contributed by atoms with E-state index in [0.29, 0.717) is 13.1 Å². The molecule has 5 heavy (non-hydrogen) atoms. The molecule has 0 rings (SSSR count). The van der Waals surface area contributed by atoms with Gasteiger partial charge >= 0.3 is 0 Å². The van der Waals surface area contributed by atoms with Crippen LogP contribution in [0.15, 0.2) is 0 Å². The van der Waals surface area contributed by atoms with Gasteiger partial charge in [-0.2, -0.15) is 0 Å². The molecule has 0 aliphatic heterocycles. The van der Waals surface area contributed by atoms with Crippen LogP contribution in [-0.2, 0) is 0 Å². The SMILES string of the molecule is NCCN.[Cl-]. The zero-order chi connectivity index (χ0) is 3.41. The highest BCUT2D eigenvalue weighted by Crippen LogP contribution is 1.24. The van der Waals surface area contributed by atoms with Crippen molar-refractivity contribution in [1.82, 2.24) is 0 Å². The molecule has 0 saturated heterocycles. The van der Waals surface area contributed by atoms with Crippen LogP contribution in [0.5, 0.6) is 0 Å². The lowest BCUT2D eigenvalue weighted by atomic mass is 10.7. The van der Waals surface area contributed by atoms with Gasteiger partial charge in [0, 0.05) is 13.1 Å². The van der Waals surface area contributed by atoms with Crippen LogP contribution in [0.4, 0.5) is 0 Å². The Hall–Kier alpha value is 0.210. The summed E-state index contributed by atoms with van der Waals surface area (Å²) in [5.74, 6) is 0. The van der Waals surface area contributed by atoms with Crippen molar-refractivity contribution in [2.75, 3.05) is 13.1 Å². The van der Waals surface area contributed by atoms with E-state index in [9.17, 15) is 0 Å².